The van der Waals surface area contributed by atoms with Gasteiger partial charge < -0.3 is 10.4 Å². The van der Waals surface area contributed by atoms with Gasteiger partial charge in [0.15, 0.2) is 9.84 Å². The summed E-state index contributed by atoms with van der Waals surface area (Å²) in [7, 11) is -3.71. The molecule has 0 aromatic heterocycles. The maximum atomic E-state index is 12.7. The molecule has 0 bridgehead atoms. The molecule has 0 unspecified atom stereocenters. The molecule has 3 rings (SSSR count). The second kappa shape index (κ2) is 6.15. The highest BCUT2D eigenvalue weighted by molar-refractivity contribution is 7.92. The number of amides is 1. The summed E-state index contributed by atoms with van der Waals surface area (Å²) >= 11 is 0. The molecule has 2 saturated carbocycles. The van der Waals surface area contributed by atoms with E-state index in [0.717, 1.165) is 0 Å². The van der Waals surface area contributed by atoms with Gasteiger partial charge >= 0.3 is 5.97 Å². The van der Waals surface area contributed by atoms with Gasteiger partial charge in [0.25, 0.3) is 0 Å². The Bertz CT molecular complexity index is 840. The number of nitrogens with zero attached hydrogens (tertiary/aromatic N) is 1. The minimum Gasteiger partial charge on any atom is -0.481 e. The summed E-state index contributed by atoms with van der Waals surface area (Å²) in [5, 5.41) is 20.2. The number of carboxylic acid groups (broad SMARTS) is 1. The molecule has 0 heterocycles. The number of carbonyl (C=O) groups excluding carboxylic acids is 1. The summed E-state index contributed by atoms with van der Waals surface area (Å²) in [6.45, 7) is 0. The summed E-state index contributed by atoms with van der Waals surface area (Å²) in [5.74, 6) is -3.75. The van der Waals surface area contributed by atoms with E-state index in [1.807, 2.05) is 6.07 Å². The van der Waals surface area contributed by atoms with Crippen molar-refractivity contribution in [1.82, 2.24) is 5.32 Å². The lowest BCUT2D eigenvalue weighted by Crippen LogP contribution is -2.42. The van der Waals surface area contributed by atoms with Gasteiger partial charge in [0.2, 0.25) is 5.91 Å². The van der Waals surface area contributed by atoms with Gasteiger partial charge in [-0.3, -0.25) is 9.59 Å². The molecular formula is C17H18N2O5S. The van der Waals surface area contributed by atoms with Crippen LogP contribution in [0.5, 0.6) is 0 Å². The standard InChI is InChI=1S/C17H18N2O5S/c18-10-17(6-7-17)19-15(20)13-8-12(9-14(13)16(21)22)25(23,24)11-4-2-1-3-5-11/h1-5,12-14H,6-9H2,(H,19,20)(H,21,22)/t12-,13-,14-/m1/s1. The topological polar surface area (TPSA) is 124 Å². The minimum absolute atomic E-state index is 0.0540. The van der Waals surface area contributed by atoms with Crippen molar-refractivity contribution in [3.05, 3.63) is 30.3 Å². The van der Waals surface area contributed by atoms with Gasteiger partial charge in [0.1, 0.15) is 5.54 Å². The lowest BCUT2D eigenvalue weighted by Gasteiger charge is -2.17. The van der Waals surface area contributed by atoms with Crippen LogP contribution in [-0.4, -0.2) is 36.2 Å². The lowest BCUT2D eigenvalue weighted by molar-refractivity contribution is -0.146. The van der Waals surface area contributed by atoms with Crippen molar-refractivity contribution >= 4 is 21.7 Å². The van der Waals surface area contributed by atoms with Gasteiger partial charge in [-0.15, -0.1) is 0 Å². The predicted molar refractivity (Wildman–Crippen MR) is 87.0 cm³/mol. The van der Waals surface area contributed by atoms with E-state index in [4.69, 9.17) is 5.26 Å². The highest BCUT2D eigenvalue weighted by Crippen LogP contribution is 2.40. The van der Waals surface area contributed by atoms with Crippen LogP contribution in [0.4, 0.5) is 0 Å². The average molecular weight is 362 g/mol. The summed E-state index contributed by atoms with van der Waals surface area (Å²) in [5.41, 5.74) is -0.906. The molecule has 0 saturated heterocycles. The number of rotatable bonds is 5. The third kappa shape index (κ3) is 3.24. The number of aliphatic carboxylic acids is 1. The van der Waals surface area contributed by atoms with Crippen LogP contribution in [0.15, 0.2) is 35.2 Å². The number of sulfone groups is 1. The molecule has 1 aromatic rings. The molecule has 8 heteroatoms. The number of benzene rings is 1. The number of carbonyl (C=O) groups is 2. The fraction of sp³-hybridized carbons (Fsp3) is 0.471. The zero-order chi connectivity index (χ0) is 18.2. The first-order chi connectivity index (χ1) is 11.8. The number of nitriles is 1. The van der Waals surface area contributed by atoms with Gasteiger partial charge in [0, 0.05) is 0 Å². The predicted octanol–water partition coefficient (Wildman–Crippen LogP) is 1.11. The van der Waals surface area contributed by atoms with Crippen LogP contribution in [0.25, 0.3) is 0 Å². The maximum Gasteiger partial charge on any atom is 0.307 e. The molecule has 25 heavy (non-hydrogen) atoms. The molecule has 3 atom stereocenters. The van der Waals surface area contributed by atoms with E-state index in [1.54, 1.807) is 18.2 Å². The third-order valence-electron chi connectivity index (χ3n) is 5.01. The van der Waals surface area contributed by atoms with E-state index >= 15 is 0 Å². The number of nitrogens with one attached hydrogen (secondary N) is 1. The maximum absolute atomic E-state index is 12.7. The van der Waals surface area contributed by atoms with Gasteiger partial charge in [0.05, 0.1) is 28.1 Å². The molecule has 0 radical (unpaired) electrons. The van der Waals surface area contributed by atoms with Crippen LogP contribution in [0.1, 0.15) is 25.7 Å². The molecule has 0 spiro atoms. The van der Waals surface area contributed by atoms with Crippen LogP contribution in [0.3, 0.4) is 0 Å². The third-order valence-corrected chi connectivity index (χ3v) is 7.20. The van der Waals surface area contributed by atoms with E-state index in [9.17, 15) is 23.1 Å². The molecule has 1 aromatic carbocycles. The van der Waals surface area contributed by atoms with Crippen molar-refractivity contribution in [1.29, 1.82) is 5.26 Å². The van der Waals surface area contributed by atoms with Crippen molar-refractivity contribution in [3.8, 4) is 6.07 Å². The van der Waals surface area contributed by atoms with Crippen molar-refractivity contribution in [2.45, 2.75) is 41.4 Å². The molecule has 0 aliphatic heterocycles. The van der Waals surface area contributed by atoms with E-state index < -0.39 is 44.3 Å². The quantitative estimate of drug-likeness (QED) is 0.808. The van der Waals surface area contributed by atoms with Crippen LogP contribution in [0, 0.1) is 23.2 Å². The molecule has 2 aliphatic rings. The van der Waals surface area contributed by atoms with Crippen LogP contribution >= 0.6 is 0 Å². The molecule has 2 fully saturated rings. The fourth-order valence-electron chi connectivity index (χ4n) is 3.33. The van der Waals surface area contributed by atoms with E-state index in [0.29, 0.717) is 12.8 Å². The number of carboxylic acids is 1. The first kappa shape index (κ1) is 17.4. The summed E-state index contributed by atoms with van der Waals surface area (Å²) in [6, 6.07) is 9.85. The monoisotopic (exact) mass is 362 g/mol. The molecule has 2 N–H and O–H groups in total. The Morgan fingerprint density at radius 1 is 1.16 bits per heavy atom. The molecule has 7 nitrogen and oxygen atoms in total. The lowest BCUT2D eigenvalue weighted by atomic mass is 9.95. The highest BCUT2D eigenvalue weighted by atomic mass is 32.2. The van der Waals surface area contributed by atoms with Crippen LogP contribution < -0.4 is 5.32 Å². The second-order valence-corrected chi connectivity index (χ2v) is 8.91. The van der Waals surface area contributed by atoms with E-state index in [2.05, 4.69) is 5.32 Å². The van der Waals surface area contributed by atoms with E-state index in [-0.39, 0.29) is 17.7 Å². The Labute approximate surface area is 145 Å². The molecule has 132 valence electrons. The van der Waals surface area contributed by atoms with Crippen molar-refractivity contribution < 1.29 is 23.1 Å². The Balaban J connectivity index is 1.82. The van der Waals surface area contributed by atoms with Crippen LogP contribution in [0.2, 0.25) is 0 Å². The molecule has 2 aliphatic carbocycles. The average Bonchev–Trinajstić information content (AvgIpc) is 3.20. The summed E-state index contributed by atoms with van der Waals surface area (Å²) < 4.78 is 25.5. The van der Waals surface area contributed by atoms with Crippen LogP contribution in [-0.2, 0) is 19.4 Å². The zero-order valence-corrected chi connectivity index (χ0v) is 14.2. The van der Waals surface area contributed by atoms with Gasteiger partial charge in [-0.25, -0.2) is 8.42 Å². The molecular weight excluding hydrogens is 344 g/mol. The van der Waals surface area contributed by atoms with Gasteiger partial charge in [-0.1, -0.05) is 18.2 Å². The van der Waals surface area contributed by atoms with E-state index in [1.165, 1.54) is 12.1 Å². The fourth-order valence-corrected chi connectivity index (χ4v) is 5.17. The van der Waals surface area contributed by atoms with Gasteiger partial charge in [-0.05, 0) is 37.8 Å². The number of hydrogen-bond donors (Lipinski definition) is 2. The highest BCUT2D eigenvalue weighted by Gasteiger charge is 2.51. The second-order valence-electron chi connectivity index (χ2n) is 6.69. The smallest absolute Gasteiger partial charge is 0.307 e. The Morgan fingerprint density at radius 3 is 2.28 bits per heavy atom. The number of hydrogen-bond acceptors (Lipinski definition) is 5. The van der Waals surface area contributed by atoms with Crippen molar-refractivity contribution in [2.75, 3.05) is 0 Å². The Hall–Kier alpha value is -2.40. The Kier molecular flexibility index (Phi) is 4.29. The van der Waals surface area contributed by atoms with Crippen molar-refractivity contribution in [3.63, 3.8) is 0 Å². The summed E-state index contributed by atoms with van der Waals surface area (Å²) in [4.78, 5) is 24.1. The normalized spacial score (nSPS) is 27.2. The SMILES string of the molecule is N#CC1(NC(=O)[C@@H]2C[C@@H](S(=O)(=O)c3ccccc3)C[C@H]2C(=O)O)CC1. The van der Waals surface area contributed by atoms with Gasteiger partial charge in [-0.2, -0.15) is 5.26 Å². The first-order valence-corrected chi connectivity index (χ1v) is 9.59. The van der Waals surface area contributed by atoms with Crippen molar-refractivity contribution in [2.24, 2.45) is 11.8 Å². The minimum atomic E-state index is -3.71. The summed E-state index contributed by atoms with van der Waals surface area (Å²) in [6.07, 6.45) is 0.905. The first-order valence-electron chi connectivity index (χ1n) is 8.04. The Morgan fingerprint density at radius 2 is 1.76 bits per heavy atom. The molecule has 1 amide bonds. The largest absolute Gasteiger partial charge is 0.481 e. The zero-order valence-electron chi connectivity index (χ0n) is 13.4.